The van der Waals surface area contributed by atoms with Gasteiger partial charge in [0.1, 0.15) is 11.5 Å². The van der Waals surface area contributed by atoms with Gasteiger partial charge in [0.05, 0.1) is 7.11 Å². The summed E-state index contributed by atoms with van der Waals surface area (Å²) in [4.78, 5) is 25.3. The largest absolute Gasteiger partial charge is 0.497 e. The summed E-state index contributed by atoms with van der Waals surface area (Å²) in [5.41, 5.74) is 1.70. The predicted molar refractivity (Wildman–Crippen MR) is 82.6 cm³/mol. The topological polar surface area (TPSA) is 46.6 Å². The summed E-state index contributed by atoms with van der Waals surface area (Å²) in [6, 6.07) is 7.51. The van der Waals surface area contributed by atoms with Gasteiger partial charge in [0.2, 0.25) is 0 Å². The Kier molecular flexibility index (Phi) is 5.14. The van der Waals surface area contributed by atoms with Crippen molar-refractivity contribution in [1.29, 1.82) is 0 Å². The Bertz CT molecular complexity index is 546. The number of carbonyl (C=O) groups is 2. The molecule has 21 heavy (non-hydrogen) atoms. The summed E-state index contributed by atoms with van der Waals surface area (Å²) in [6.07, 6.45) is 4.80. The highest BCUT2D eigenvalue weighted by Gasteiger charge is 2.24. The third-order valence-corrected chi connectivity index (χ3v) is 3.62. The SMILES string of the molecule is COc1ccc(N2CCC/C(=C\CCC(C)=O)C2=O)cc1. The second kappa shape index (κ2) is 7.07. The van der Waals surface area contributed by atoms with Gasteiger partial charge in [0.25, 0.3) is 5.91 Å². The van der Waals surface area contributed by atoms with Crippen molar-refractivity contribution < 1.29 is 14.3 Å². The molecule has 0 N–H and O–H groups in total. The molecule has 0 atom stereocenters. The molecule has 112 valence electrons. The van der Waals surface area contributed by atoms with Gasteiger partial charge in [0, 0.05) is 24.2 Å². The maximum absolute atomic E-state index is 12.5. The standard InChI is InChI=1S/C17H21NO3/c1-13(19)5-3-6-14-7-4-12-18(17(14)20)15-8-10-16(21-2)11-9-15/h6,8-11H,3-5,7,12H2,1-2H3/b14-6+. The zero-order valence-electron chi connectivity index (χ0n) is 12.6. The fourth-order valence-electron chi connectivity index (χ4n) is 2.46. The lowest BCUT2D eigenvalue weighted by molar-refractivity contribution is -0.117. The van der Waals surface area contributed by atoms with Crippen molar-refractivity contribution in [3.05, 3.63) is 35.9 Å². The van der Waals surface area contributed by atoms with E-state index in [-0.39, 0.29) is 11.7 Å². The van der Waals surface area contributed by atoms with E-state index in [1.54, 1.807) is 18.9 Å². The number of methoxy groups -OCH3 is 1. The third-order valence-electron chi connectivity index (χ3n) is 3.62. The van der Waals surface area contributed by atoms with Crippen LogP contribution < -0.4 is 9.64 Å². The molecule has 0 spiro atoms. The Morgan fingerprint density at radius 1 is 1.33 bits per heavy atom. The van der Waals surface area contributed by atoms with Crippen LogP contribution in [0.5, 0.6) is 5.75 Å². The molecule has 4 heteroatoms. The van der Waals surface area contributed by atoms with Crippen molar-refractivity contribution in [1.82, 2.24) is 0 Å². The number of piperidine rings is 1. The van der Waals surface area contributed by atoms with Gasteiger partial charge >= 0.3 is 0 Å². The lowest BCUT2D eigenvalue weighted by Gasteiger charge is -2.28. The smallest absolute Gasteiger partial charge is 0.253 e. The molecule has 1 heterocycles. The van der Waals surface area contributed by atoms with Gasteiger partial charge < -0.3 is 14.4 Å². The van der Waals surface area contributed by atoms with E-state index in [4.69, 9.17) is 4.74 Å². The van der Waals surface area contributed by atoms with Crippen LogP contribution in [-0.4, -0.2) is 25.3 Å². The predicted octanol–water partition coefficient (Wildman–Crippen LogP) is 3.12. The average molecular weight is 287 g/mol. The lowest BCUT2D eigenvalue weighted by atomic mass is 10.0. The molecule has 1 fully saturated rings. The lowest BCUT2D eigenvalue weighted by Crippen LogP contribution is -2.36. The first-order valence-electron chi connectivity index (χ1n) is 7.26. The summed E-state index contributed by atoms with van der Waals surface area (Å²) in [6.45, 7) is 2.31. The van der Waals surface area contributed by atoms with E-state index in [9.17, 15) is 9.59 Å². The van der Waals surface area contributed by atoms with E-state index < -0.39 is 0 Å². The van der Waals surface area contributed by atoms with Crippen molar-refractivity contribution in [2.45, 2.75) is 32.6 Å². The van der Waals surface area contributed by atoms with Gasteiger partial charge in [0.15, 0.2) is 0 Å². The van der Waals surface area contributed by atoms with Crippen LogP contribution in [0.2, 0.25) is 0 Å². The van der Waals surface area contributed by atoms with E-state index in [1.165, 1.54) is 0 Å². The molecule has 2 rings (SSSR count). The maximum Gasteiger partial charge on any atom is 0.253 e. The van der Waals surface area contributed by atoms with E-state index in [2.05, 4.69) is 0 Å². The molecule has 1 aliphatic heterocycles. The second-order valence-corrected chi connectivity index (χ2v) is 5.23. The molecule has 1 aromatic carbocycles. The molecule has 0 radical (unpaired) electrons. The summed E-state index contributed by atoms with van der Waals surface area (Å²) < 4.78 is 5.13. The molecule has 1 aliphatic rings. The molecule has 1 saturated heterocycles. The summed E-state index contributed by atoms with van der Waals surface area (Å²) in [5, 5.41) is 0. The van der Waals surface area contributed by atoms with Crippen LogP contribution in [0.3, 0.4) is 0 Å². The van der Waals surface area contributed by atoms with Crippen molar-refractivity contribution >= 4 is 17.4 Å². The number of ether oxygens (including phenoxy) is 1. The van der Waals surface area contributed by atoms with Gasteiger partial charge in [-0.2, -0.15) is 0 Å². The zero-order chi connectivity index (χ0) is 15.2. The molecule has 0 unspecified atom stereocenters. The number of hydrogen-bond donors (Lipinski definition) is 0. The minimum atomic E-state index is 0.0509. The highest BCUT2D eigenvalue weighted by atomic mass is 16.5. The Balaban J connectivity index is 2.09. The first kappa shape index (κ1) is 15.3. The van der Waals surface area contributed by atoms with Gasteiger partial charge in [-0.3, -0.25) is 4.79 Å². The van der Waals surface area contributed by atoms with Gasteiger partial charge in [-0.25, -0.2) is 0 Å². The Morgan fingerprint density at radius 3 is 2.67 bits per heavy atom. The van der Waals surface area contributed by atoms with Crippen LogP contribution in [0, 0.1) is 0 Å². The number of ketones is 1. The zero-order valence-corrected chi connectivity index (χ0v) is 12.6. The minimum Gasteiger partial charge on any atom is -0.497 e. The quantitative estimate of drug-likeness (QED) is 0.782. The summed E-state index contributed by atoms with van der Waals surface area (Å²) in [5.74, 6) is 0.984. The first-order valence-corrected chi connectivity index (χ1v) is 7.26. The number of carbonyl (C=O) groups excluding carboxylic acids is 2. The fraction of sp³-hybridized carbons (Fsp3) is 0.412. The molecule has 1 amide bonds. The second-order valence-electron chi connectivity index (χ2n) is 5.23. The Labute approximate surface area is 125 Å². The highest BCUT2D eigenvalue weighted by molar-refractivity contribution is 6.06. The van der Waals surface area contributed by atoms with E-state index in [1.807, 2.05) is 30.3 Å². The normalized spacial score (nSPS) is 17.1. The fourth-order valence-corrected chi connectivity index (χ4v) is 2.46. The number of anilines is 1. The number of allylic oxidation sites excluding steroid dienone is 1. The monoisotopic (exact) mass is 287 g/mol. The van der Waals surface area contributed by atoms with Crippen molar-refractivity contribution in [2.24, 2.45) is 0 Å². The first-order chi connectivity index (χ1) is 10.1. The van der Waals surface area contributed by atoms with E-state index in [0.717, 1.165) is 36.4 Å². The van der Waals surface area contributed by atoms with Crippen molar-refractivity contribution in [3.63, 3.8) is 0 Å². The van der Waals surface area contributed by atoms with E-state index in [0.29, 0.717) is 12.8 Å². The van der Waals surface area contributed by atoms with Crippen LogP contribution in [0.25, 0.3) is 0 Å². The Hall–Kier alpha value is -2.10. The van der Waals surface area contributed by atoms with Gasteiger partial charge in [-0.15, -0.1) is 0 Å². The van der Waals surface area contributed by atoms with Crippen LogP contribution in [-0.2, 0) is 9.59 Å². The number of benzene rings is 1. The average Bonchev–Trinajstić information content (AvgIpc) is 2.49. The van der Waals surface area contributed by atoms with Gasteiger partial charge in [-0.05, 0) is 50.5 Å². The minimum absolute atomic E-state index is 0.0509. The van der Waals surface area contributed by atoms with Crippen LogP contribution in [0.1, 0.15) is 32.6 Å². The maximum atomic E-state index is 12.5. The molecule has 0 aromatic heterocycles. The van der Waals surface area contributed by atoms with Gasteiger partial charge in [-0.1, -0.05) is 6.08 Å². The van der Waals surface area contributed by atoms with Crippen LogP contribution in [0.15, 0.2) is 35.9 Å². The summed E-state index contributed by atoms with van der Waals surface area (Å²) in [7, 11) is 1.62. The molecule has 4 nitrogen and oxygen atoms in total. The molecular formula is C17H21NO3. The highest BCUT2D eigenvalue weighted by Crippen LogP contribution is 2.26. The molecule has 0 aliphatic carbocycles. The Morgan fingerprint density at radius 2 is 2.05 bits per heavy atom. The number of amides is 1. The number of nitrogens with zero attached hydrogens (tertiary/aromatic N) is 1. The van der Waals surface area contributed by atoms with Crippen molar-refractivity contribution in [2.75, 3.05) is 18.6 Å². The third kappa shape index (κ3) is 3.94. The van der Waals surface area contributed by atoms with Crippen molar-refractivity contribution in [3.8, 4) is 5.75 Å². The molecule has 1 aromatic rings. The van der Waals surface area contributed by atoms with Crippen LogP contribution >= 0.6 is 0 Å². The molecular weight excluding hydrogens is 266 g/mol. The van der Waals surface area contributed by atoms with Crippen LogP contribution in [0.4, 0.5) is 5.69 Å². The number of rotatable bonds is 5. The van der Waals surface area contributed by atoms with E-state index >= 15 is 0 Å². The number of hydrogen-bond acceptors (Lipinski definition) is 3. The molecule has 0 saturated carbocycles. The summed E-state index contributed by atoms with van der Waals surface area (Å²) >= 11 is 0. The molecule has 0 bridgehead atoms. The number of Topliss-reactive ketones (excluding diaryl/α,β-unsaturated/α-hetero) is 1.